The standard InChI is InChI=1S/C18H21NO2/c1-2-8-16(9-3-1)21-18-11-5-4-10-17(18)19-13-15-7-6-12-20-14-15/h1-5,8-11,15,19H,6-7,12-14H2. The van der Waals surface area contributed by atoms with Gasteiger partial charge in [0.05, 0.1) is 12.3 Å². The molecule has 2 aromatic carbocycles. The van der Waals surface area contributed by atoms with E-state index in [2.05, 4.69) is 11.4 Å². The Bertz CT molecular complexity index is 550. The van der Waals surface area contributed by atoms with Gasteiger partial charge >= 0.3 is 0 Å². The first-order chi connectivity index (χ1) is 10.4. The molecule has 1 aliphatic heterocycles. The Morgan fingerprint density at radius 2 is 1.86 bits per heavy atom. The molecule has 0 bridgehead atoms. The second kappa shape index (κ2) is 7.14. The van der Waals surface area contributed by atoms with Crippen molar-refractivity contribution in [3.05, 3.63) is 54.6 Å². The quantitative estimate of drug-likeness (QED) is 0.886. The van der Waals surface area contributed by atoms with E-state index in [1.165, 1.54) is 6.42 Å². The molecule has 0 amide bonds. The molecule has 1 unspecified atom stereocenters. The third kappa shape index (κ3) is 3.99. The van der Waals surface area contributed by atoms with E-state index in [9.17, 15) is 0 Å². The normalized spacial score (nSPS) is 18.2. The number of hydrogen-bond donors (Lipinski definition) is 1. The van der Waals surface area contributed by atoms with Crippen molar-refractivity contribution in [2.45, 2.75) is 12.8 Å². The van der Waals surface area contributed by atoms with Gasteiger partial charge in [0.25, 0.3) is 0 Å². The van der Waals surface area contributed by atoms with Crippen LogP contribution >= 0.6 is 0 Å². The largest absolute Gasteiger partial charge is 0.455 e. The summed E-state index contributed by atoms with van der Waals surface area (Å²) in [6.45, 7) is 2.69. The summed E-state index contributed by atoms with van der Waals surface area (Å²) >= 11 is 0. The maximum Gasteiger partial charge on any atom is 0.150 e. The van der Waals surface area contributed by atoms with Crippen LogP contribution in [0.5, 0.6) is 11.5 Å². The molecule has 0 saturated carbocycles. The SMILES string of the molecule is c1ccc(Oc2ccccc2NCC2CCCOC2)cc1. The Morgan fingerprint density at radius 1 is 1.05 bits per heavy atom. The van der Waals surface area contributed by atoms with Crippen molar-refractivity contribution < 1.29 is 9.47 Å². The van der Waals surface area contributed by atoms with Crippen molar-refractivity contribution in [3.63, 3.8) is 0 Å². The monoisotopic (exact) mass is 283 g/mol. The average Bonchev–Trinajstić information content (AvgIpc) is 2.56. The maximum atomic E-state index is 5.96. The molecule has 1 saturated heterocycles. The Kier molecular flexibility index (Phi) is 4.74. The Balaban J connectivity index is 1.64. The van der Waals surface area contributed by atoms with E-state index in [-0.39, 0.29) is 0 Å². The lowest BCUT2D eigenvalue weighted by Crippen LogP contribution is -2.24. The molecule has 3 nitrogen and oxygen atoms in total. The van der Waals surface area contributed by atoms with Gasteiger partial charge in [0.15, 0.2) is 5.75 Å². The van der Waals surface area contributed by atoms with Crippen molar-refractivity contribution >= 4 is 5.69 Å². The van der Waals surface area contributed by atoms with Crippen molar-refractivity contribution in [1.29, 1.82) is 0 Å². The van der Waals surface area contributed by atoms with Gasteiger partial charge in [0, 0.05) is 13.2 Å². The summed E-state index contributed by atoms with van der Waals surface area (Å²) in [5, 5.41) is 3.50. The van der Waals surface area contributed by atoms with Crippen LogP contribution in [0.4, 0.5) is 5.69 Å². The maximum absolute atomic E-state index is 5.96. The van der Waals surface area contributed by atoms with Gasteiger partial charge in [-0.15, -0.1) is 0 Å². The van der Waals surface area contributed by atoms with E-state index in [0.29, 0.717) is 5.92 Å². The predicted octanol–water partition coefficient (Wildman–Crippen LogP) is 4.32. The number of hydrogen-bond acceptors (Lipinski definition) is 3. The molecule has 110 valence electrons. The summed E-state index contributed by atoms with van der Waals surface area (Å²) in [4.78, 5) is 0. The van der Waals surface area contributed by atoms with E-state index in [4.69, 9.17) is 9.47 Å². The van der Waals surface area contributed by atoms with Gasteiger partial charge in [0.1, 0.15) is 5.75 Å². The predicted molar refractivity (Wildman–Crippen MR) is 85.0 cm³/mol. The van der Waals surface area contributed by atoms with E-state index >= 15 is 0 Å². The van der Waals surface area contributed by atoms with Gasteiger partial charge < -0.3 is 14.8 Å². The minimum atomic E-state index is 0.587. The molecular weight excluding hydrogens is 262 g/mol. The molecule has 0 spiro atoms. The van der Waals surface area contributed by atoms with Crippen LogP contribution in [0.3, 0.4) is 0 Å². The van der Waals surface area contributed by atoms with Gasteiger partial charge in [-0.3, -0.25) is 0 Å². The lowest BCUT2D eigenvalue weighted by Gasteiger charge is -2.23. The number of ether oxygens (including phenoxy) is 2. The van der Waals surface area contributed by atoms with Crippen molar-refractivity contribution in [1.82, 2.24) is 0 Å². The van der Waals surface area contributed by atoms with Crippen molar-refractivity contribution in [3.8, 4) is 11.5 Å². The molecule has 2 aromatic rings. The van der Waals surface area contributed by atoms with Crippen LogP contribution in [0, 0.1) is 5.92 Å². The highest BCUT2D eigenvalue weighted by molar-refractivity contribution is 5.57. The molecule has 1 heterocycles. The fraction of sp³-hybridized carbons (Fsp3) is 0.333. The Labute approximate surface area is 125 Å². The summed E-state index contributed by atoms with van der Waals surface area (Å²) in [6, 6.07) is 17.9. The van der Waals surface area contributed by atoms with E-state index in [1.54, 1.807) is 0 Å². The Morgan fingerprint density at radius 3 is 2.67 bits per heavy atom. The summed E-state index contributed by atoms with van der Waals surface area (Å²) in [6.07, 6.45) is 2.39. The lowest BCUT2D eigenvalue weighted by molar-refractivity contribution is 0.0595. The Hall–Kier alpha value is -2.00. The number of benzene rings is 2. The minimum Gasteiger partial charge on any atom is -0.455 e. The minimum absolute atomic E-state index is 0.587. The third-order valence-electron chi connectivity index (χ3n) is 3.69. The van der Waals surface area contributed by atoms with Crippen LogP contribution in [-0.2, 0) is 4.74 Å². The molecule has 1 aliphatic rings. The van der Waals surface area contributed by atoms with E-state index in [0.717, 1.165) is 43.4 Å². The number of nitrogens with one attached hydrogen (secondary N) is 1. The van der Waals surface area contributed by atoms with Crippen LogP contribution < -0.4 is 10.1 Å². The molecule has 0 radical (unpaired) electrons. The lowest BCUT2D eigenvalue weighted by atomic mass is 10.0. The third-order valence-corrected chi connectivity index (χ3v) is 3.69. The highest BCUT2D eigenvalue weighted by atomic mass is 16.5. The summed E-state index contributed by atoms with van der Waals surface area (Å²) in [5.74, 6) is 2.30. The fourth-order valence-corrected chi connectivity index (χ4v) is 2.54. The number of anilines is 1. The van der Waals surface area contributed by atoms with Gasteiger partial charge in [-0.2, -0.15) is 0 Å². The zero-order valence-electron chi connectivity index (χ0n) is 12.1. The van der Waals surface area contributed by atoms with Gasteiger partial charge in [0.2, 0.25) is 0 Å². The van der Waals surface area contributed by atoms with Crippen LogP contribution in [0.25, 0.3) is 0 Å². The van der Waals surface area contributed by atoms with Crippen LogP contribution in [0.1, 0.15) is 12.8 Å². The number of rotatable bonds is 5. The smallest absolute Gasteiger partial charge is 0.150 e. The van der Waals surface area contributed by atoms with E-state index < -0.39 is 0 Å². The molecule has 1 atom stereocenters. The summed E-state index contributed by atoms with van der Waals surface area (Å²) in [7, 11) is 0. The van der Waals surface area contributed by atoms with Crippen molar-refractivity contribution in [2.24, 2.45) is 5.92 Å². The molecule has 21 heavy (non-hydrogen) atoms. The second-order valence-electron chi connectivity index (χ2n) is 5.38. The van der Waals surface area contributed by atoms with E-state index in [1.807, 2.05) is 48.5 Å². The van der Waals surface area contributed by atoms with Gasteiger partial charge in [-0.25, -0.2) is 0 Å². The first kappa shape index (κ1) is 14.0. The molecule has 3 rings (SSSR count). The van der Waals surface area contributed by atoms with Crippen LogP contribution in [0.2, 0.25) is 0 Å². The van der Waals surface area contributed by atoms with Gasteiger partial charge in [-0.05, 0) is 43.0 Å². The van der Waals surface area contributed by atoms with Gasteiger partial charge in [-0.1, -0.05) is 30.3 Å². The number of para-hydroxylation sites is 3. The van der Waals surface area contributed by atoms with Crippen LogP contribution in [-0.4, -0.2) is 19.8 Å². The zero-order chi connectivity index (χ0) is 14.3. The molecule has 0 aliphatic carbocycles. The average molecular weight is 283 g/mol. The summed E-state index contributed by atoms with van der Waals surface area (Å²) in [5.41, 5.74) is 1.03. The first-order valence-electron chi connectivity index (χ1n) is 7.55. The zero-order valence-corrected chi connectivity index (χ0v) is 12.1. The summed E-state index contributed by atoms with van der Waals surface area (Å²) < 4.78 is 11.5. The highest BCUT2D eigenvalue weighted by Crippen LogP contribution is 2.29. The molecule has 0 aromatic heterocycles. The fourth-order valence-electron chi connectivity index (χ4n) is 2.54. The van der Waals surface area contributed by atoms with Crippen LogP contribution in [0.15, 0.2) is 54.6 Å². The topological polar surface area (TPSA) is 30.5 Å². The molecule has 3 heteroatoms. The molecule has 1 fully saturated rings. The highest BCUT2D eigenvalue weighted by Gasteiger charge is 2.14. The second-order valence-corrected chi connectivity index (χ2v) is 5.38. The molecular formula is C18H21NO2. The molecule has 1 N–H and O–H groups in total. The van der Waals surface area contributed by atoms with Crippen molar-refractivity contribution in [2.75, 3.05) is 25.1 Å². The first-order valence-corrected chi connectivity index (χ1v) is 7.55.